The van der Waals surface area contributed by atoms with Gasteiger partial charge in [0, 0.05) is 48.0 Å². The van der Waals surface area contributed by atoms with E-state index in [4.69, 9.17) is 24.4 Å². The minimum atomic E-state index is -1.36. The van der Waals surface area contributed by atoms with Crippen LogP contribution in [0.4, 0.5) is 5.69 Å². The summed E-state index contributed by atoms with van der Waals surface area (Å²) in [7, 11) is 0. The number of aromatic nitrogens is 1. The minimum absolute atomic E-state index is 0.0246. The van der Waals surface area contributed by atoms with Crippen molar-refractivity contribution in [3.05, 3.63) is 76.4 Å². The quantitative estimate of drug-likeness (QED) is 0.278. The van der Waals surface area contributed by atoms with Crippen molar-refractivity contribution in [3.63, 3.8) is 0 Å². The summed E-state index contributed by atoms with van der Waals surface area (Å²) in [6.45, 7) is 6.87. The molecule has 2 fully saturated rings. The molecule has 2 saturated carbocycles. The van der Waals surface area contributed by atoms with E-state index in [0.717, 1.165) is 0 Å². The fraction of sp³-hybridized carbons (Fsp3) is 0.471. The predicted octanol–water partition coefficient (Wildman–Crippen LogP) is 4.06. The number of hydrogen-bond donors (Lipinski definition) is 3. The standard InChI is InChI=1S/C34H38N2O9/c1-18(37)42-17-33(3)24-15-26(44-30(40)19-7-9-21(35)10-8-19)34(4)29(32(24,2)12-11-25(33)38)28(39)27-23(45-34)14-22(43-31(27)41)20-6-5-13-36-16-20/h5-10,13-14,16,24-26,28-29,38-39H,11-12,15,17,35H2,1-4H3/t24?,25-,26-,28-,29?,32-,33?,34+/m0/s1. The Bertz CT molecular complexity index is 1680. The fourth-order valence-electron chi connectivity index (χ4n) is 8.28. The van der Waals surface area contributed by atoms with Crippen LogP contribution in [0.5, 0.6) is 5.75 Å². The molecule has 45 heavy (non-hydrogen) atoms. The average molecular weight is 619 g/mol. The molecule has 8 atom stereocenters. The number of rotatable bonds is 5. The first-order valence-electron chi connectivity index (χ1n) is 15.1. The first-order valence-corrected chi connectivity index (χ1v) is 15.1. The van der Waals surface area contributed by atoms with Crippen LogP contribution in [0.1, 0.15) is 69.0 Å². The molecule has 3 aromatic rings. The Balaban J connectivity index is 1.49. The molecule has 1 aliphatic heterocycles. The van der Waals surface area contributed by atoms with E-state index < -0.39 is 64.1 Å². The Morgan fingerprint density at radius 2 is 1.87 bits per heavy atom. The van der Waals surface area contributed by atoms with Crippen molar-refractivity contribution in [3.8, 4) is 17.1 Å². The molecule has 0 spiro atoms. The third kappa shape index (κ3) is 4.98. The van der Waals surface area contributed by atoms with Crippen LogP contribution in [0.15, 0.2) is 64.1 Å². The molecule has 3 unspecified atom stereocenters. The Hall–Kier alpha value is -4.22. The second-order valence-corrected chi connectivity index (χ2v) is 13.3. The third-order valence-corrected chi connectivity index (χ3v) is 10.5. The number of benzene rings is 1. The number of ether oxygens (including phenoxy) is 3. The first kappa shape index (κ1) is 30.8. The second kappa shape index (κ2) is 11.0. The summed E-state index contributed by atoms with van der Waals surface area (Å²) in [5.41, 5.74) is 3.35. The van der Waals surface area contributed by atoms with Gasteiger partial charge in [-0.05, 0) is 73.9 Å². The van der Waals surface area contributed by atoms with E-state index in [0.29, 0.717) is 24.1 Å². The van der Waals surface area contributed by atoms with Crippen molar-refractivity contribution in [2.24, 2.45) is 22.7 Å². The van der Waals surface area contributed by atoms with Gasteiger partial charge in [0.15, 0.2) is 0 Å². The molecule has 238 valence electrons. The van der Waals surface area contributed by atoms with Crippen molar-refractivity contribution >= 4 is 17.6 Å². The predicted molar refractivity (Wildman–Crippen MR) is 162 cm³/mol. The zero-order chi connectivity index (χ0) is 32.3. The Morgan fingerprint density at radius 3 is 2.53 bits per heavy atom. The molecule has 1 aromatic carbocycles. The average Bonchev–Trinajstić information content (AvgIpc) is 2.99. The van der Waals surface area contributed by atoms with Gasteiger partial charge in [-0.1, -0.05) is 13.8 Å². The Kier molecular flexibility index (Phi) is 7.52. The monoisotopic (exact) mass is 618 g/mol. The van der Waals surface area contributed by atoms with Crippen LogP contribution in [0.25, 0.3) is 11.3 Å². The maximum absolute atomic E-state index is 13.6. The minimum Gasteiger partial charge on any atom is -0.482 e. The fourth-order valence-corrected chi connectivity index (χ4v) is 8.28. The van der Waals surface area contributed by atoms with Crippen LogP contribution in [0, 0.1) is 22.7 Å². The van der Waals surface area contributed by atoms with Crippen molar-refractivity contribution in [1.29, 1.82) is 0 Å². The van der Waals surface area contributed by atoms with Gasteiger partial charge in [-0.25, -0.2) is 9.59 Å². The number of hydrogen-bond acceptors (Lipinski definition) is 11. The number of aliphatic hydroxyl groups excluding tert-OH is 2. The molecule has 0 bridgehead atoms. The Morgan fingerprint density at radius 1 is 1.13 bits per heavy atom. The van der Waals surface area contributed by atoms with Crippen LogP contribution in [0.3, 0.4) is 0 Å². The normalized spacial score (nSPS) is 33.5. The highest BCUT2D eigenvalue weighted by molar-refractivity contribution is 5.90. The van der Waals surface area contributed by atoms with Gasteiger partial charge in [-0.15, -0.1) is 0 Å². The molecule has 11 heteroatoms. The summed E-state index contributed by atoms with van der Waals surface area (Å²) in [6.07, 6.45) is 1.08. The number of aliphatic hydroxyl groups is 2. The molecular formula is C34H38N2O9. The molecular weight excluding hydrogens is 580 g/mol. The van der Waals surface area contributed by atoms with Crippen LogP contribution >= 0.6 is 0 Å². The number of nitrogen functional groups attached to an aromatic ring is 1. The largest absolute Gasteiger partial charge is 0.482 e. The van der Waals surface area contributed by atoms with Crippen molar-refractivity contribution in [1.82, 2.24) is 4.98 Å². The molecule has 3 aliphatic rings. The molecule has 0 radical (unpaired) electrons. The maximum atomic E-state index is 13.6. The van der Waals surface area contributed by atoms with E-state index in [1.54, 1.807) is 61.8 Å². The highest BCUT2D eigenvalue weighted by atomic mass is 16.6. The van der Waals surface area contributed by atoms with Gasteiger partial charge < -0.3 is 34.6 Å². The van der Waals surface area contributed by atoms with Crippen molar-refractivity contribution in [2.75, 3.05) is 12.3 Å². The number of fused-ring (bicyclic) bond motifs is 4. The lowest BCUT2D eigenvalue weighted by Crippen LogP contribution is -2.71. The van der Waals surface area contributed by atoms with Gasteiger partial charge in [0.1, 0.15) is 28.8 Å². The van der Waals surface area contributed by atoms with E-state index in [-0.39, 0.29) is 35.7 Å². The summed E-state index contributed by atoms with van der Waals surface area (Å²) in [4.78, 5) is 43.1. The second-order valence-electron chi connectivity index (χ2n) is 13.3. The van der Waals surface area contributed by atoms with Gasteiger partial charge >= 0.3 is 17.6 Å². The summed E-state index contributed by atoms with van der Waals surface area (Å²) >= 11 is 0. The maximum Gasteiger partial charge on any atom is 0.345 e. The zero-order valence-corrected chi connectivity index (χ0v) is 25.7. The Labute approximate surface area is 260 Å². The summed E-state index contributed by atoms with van der Waals surface area (Å²) in [6, 6.07) is 11.3. The van der Waals surface area contributed by atoms with E-state index >= 15 is 0 Å². The molecule has 6 rings (SSSR count). The lowest BCUT2D eigenvalue weighted by atomic mass is 9.42. The summed E-state index contributed by atoms with van der Waals surface area (Å²) in [5, 5.41) is 23.5. The van der Waals surface area contributed by atoms with E-state index in [1.165, 1.54) is 6.92 Å². The first-order chi connectivity index (χ1) is 21.3. The van der Waals surface area contributed by atoms with Gasteiger partial charge in [0.05, 0.1) is 24.4 Å². The molecule has 0 saturated heterocycles. The van der Waals surface area contributed by atoms with Crippen molar-refractivity contribution < 1.29 is 38.4 Å². The summed E-state index contributed by atoms with van der Waals surface area (Å²) < 4.78 is 24.1. The number of esters is 2. The van der Waals surface area contributed by atoms with E-state index in [9.17, 15) is 24.6 Å². The highest BCUT2D eigenvalue weighted by Gasteiger charge is 2.70. The smallest absolute Gasteiger partial charge is 0.345 e. The highest BCUT2D eigenvalue weighted by Crippen LogP contribution is 2.67. The number of anilines is 1. The number of carbonyl (C=O) groups excluding carboxylic acids is 2. The topological polar surface area (TPSA) is 171 Å². The van der Waals surface area contributed by atoms with Crippen LogP contribution < -0.4 is 16.1 Å². The molecule has 4 N–H and O–H groups in total. The van der Waals surface area contributed by atoms with E-state index in [1.807, 2.05) is 13.8 Å². The van der Waals surface area contributed by atoms with Gasteiger partial charge in [-0.3, -0.25) is 9.78 Å². The molecule has 0 amide bonds. The zero-order valence-electron chi connectivity index (χ0n) is 25.7. The third-order valence-electron chi connectivity index (χ3n) is 10.5. The number of nitrogens with zero attached hydrogens (tertiary/aromatic N) is 1. The summed E-state index contributed by atoms with van der Waals surface area (Å²) in [5.74, 6) is -1.96. The molecule has 11 nitrogen and oxygen atoms in total. The van der Waals surface area contributed by atoms with Crippen LogP contribution in [-0.4, -0.2) is 51.6 Å². The number of carbonyl (C=O) groups is 2. The molecule has 2 aromatic heterocycles. The molecule has 2 aliphatic carbocycles. The number of nitrogens with two attached hydrogens (primary N) is 1. The van der Waals surface area contributed by atoms with Crippen LogP contribution in [0.2, 0.25) is 0 Å². The van der Waals surface area contributed by atoms with E-state index in [2.05, 4.69) is 4.98 Å². The lowest BCUT2D eigenvalue weighted by molar-refractivity contribution is -0.264. The van der Waals surface area contributed by atoms with Gasteiger partial charge in [0.2, 0.25) is 0 Å². The van der Waals surface area contributed by atoms with Crippen LogP contribution in [-0.2, 0) is 14.3 Å². The number of pyridine rings is 1. The molecule has 3 heterocycles. The van der Waals surface area contributed by atoms with Gasteiger partial charge in [-0.2, -0.15) is 0 Å². The van der Waals surface area contributed by atoms with Gasteiger partial charge in [0.25, 0.3) is 0 Å². The SMILES string of the molecule is CC(=O)OCC1(C)C2C[C@H](OC(=O)c3ccc(N)cc3)[C@@]3(C)Oc4cc(-c5cccnc5)oc(=O)c4[C@H](O)C3[C@@]2(C)CC[C@@H]1O. The lowest BCUT2D eigenvalue weighted by Gasteiger charge is -2.66. The van der Waals surface area contributed by atoms with Crippen molar-refractivity contribution in [2.45, 2.75) is 70.9 Å².